The highest BCUT2D eigenvalue weighted by Crippen LogP contribution is 2.50. The van der Waals surface area contributed by atoms with Crippen LogP contribution in [-0.4, -0.2) is 0 Å². The zero-order chi connectivity index (χ0) is 32.9. The fourth-order valence-corrected chi connectivity index (χ4v) is 7.30. The summed E-state index contributed by atoms with van der Waals surface area (Å²) in [5.74, 6) is 0.781. The van der Waals surface area contributed by atoms with Crippen LogP contribution in [-0.2, 0) is 5.41 Å². The quantitative estimate of drug-likeness (QED) is 0.194. The highest BCUT2D eigenvalue weighted by Gasteiger charge is 2.35. The third-order valence-electron chi connectivity index (χ3n) is 9.39. The van der Waals surface area contributed by atoms with Gasteiger partial charge >= 0.3 is 0 Å². The van der Waals surface area contributed by atoms with Crippen molar-refractivity contribution in [3.8, 4) is 44.7 Å². The Morgan fingerprint density at radius 2 is 1.16 bits per heavy atom. The van der Waals surface area contributed by atoms with Crippen LogP contribution < -0.4 is 0 Å². The normalized spacial score (nSPS) is 14.7. The van der Waals surface area contributed by atoms with E-state index in [2.05, 4.69) is 68.4 Å². The molecule has 9 rings (SSSR count). The second-order valence-electron chi connectivity index (χ2n) is 12.2. The van der Waals surface area contributed by atoms with E-state index in [1.54, 1.807) is 0 Å². The molecule has 0 unspecified atom stereocenters. The molecule has 8 aromatic rings. The van der Waals surface area contributed by atoms with Gasteiger partial charge in [0.05, 0.1) is 5.48 Å². The molecule has 0 atom stereocenters. The first-order valence-corrected chi connectivity index (χ1v) is 15.0. The Hall–Kier alpha value is -5.40. The summed E-state index contributed by atoms with van der Waals surface area (Å²) in [4.78, 5) is 0. The molecule has 0 bridgehead atoms. The average Bonchev–Trinajstić information content (AvgIpc) is 3.65. The summed E-state index contributed by atoms with van der Waals surface area (Å²) in [6, 6.07) is 40.7. The van der Waals surface area contributed by atoms with Crippen LogP contribution in [0, 0.1) is 0 Å². The van der Waals surface area contributed by atoms with E-state index in [1.165, 1.54) is 22.3 Å². The summed E-state index contributed by atoms with van der Waals surface area (Å²) in [6.07, 6.45) is 0. The molecule has 0 saturated heterocycles. The van der Waals surface area contributed by atoms with Crippen molar-refractivity contribution in [2.45, 2.75) is 19.3 Å². The molecular weight excluding hydrogens is 532 g/mol. The predicted octanol–water partition coefficient (Wildman–Crippen LogP) is 12.0. The van der Waals surface area contributed by atoms with Crippen molar-refractivity contribution < 1.29 is 9.90 Å². The third-order valence-corrected chi connectivity index (χ3v) is 9.39. The van der Waals surface area contributed by atoms with Crippen LogP contribution in [0.1, 0.15) is 30.5 Å². The molecule has 0 amide bonds. The number of hydrogen-bond donors (Lipinski definition) is 0. The van der Waals surface area contributed by atoms with Crippen LogP contribution in [0.5, 0.6) is 0 Å². The van der Waals surface area contributed by atoms with Gasteiger partial charge in [-0.3, -0.25) is 0 Å². The minimum Gasteiger partial charge on any atom is -0.456 e. The highest BCUT2D eigenvalue weighted by atomic mass is 16.3. The van der Waals surface area contributed by atoms with E-state index in [1.807, 2.05) is 66.7 Å². The number of furan rings is 1. The number of benzene rings is 7. The molecule has 1 aliphatic carbocycles. The van der Waals surface area contributed by atoms with Gasteiger partial charge in [0.25, 0.3) is 0 Å². The van der Waals surface area contributed by atoms with E-state index < -0.39 is 0 Å². The van der Waals surface area contributed by atoms with Crippen molar-refractivity contribution in [1.29, 1.82) is 0 Å². The molecule has 0 spiro atoms. The van der Waals surface area contributed by atoms with Gasteiger partial charge in [0.1, 0.15) is 11.3 Å². The van der Waals surface area contributed by atoms with Crippen molar-refractivity contribution >= 4 is 32.5 Å². The zero-order valence-corrected chi connectivity index (χ0v) is 24.5. The molecule has 0 fully saturated rings. The van der Waals surface area contributed by atoms with Gasteiger partial charge in [-0.15, -0.1) is 0 Å². The van der Waals surface area contributed by atoms with Crippen LogP contribution in [0.25, 0.3) is 77.2 Å². The van der Waals surface area contributed by atoms with Crippen LogP contribution in [0.3, 0.4) is 0 Å². The summed E-state index contributed by atoms with van der Waals surface area (Å²) in [7, 11) is 0. The fourth-order valence-electron chi connectivity index (χ4n) is 7.30. The number of rotatable bonds is 3. The standard InChI is InChI=1S/C43H30O/c1-43(2)37-19-11-10-14-31(37)36-25-28(20-22-38(36)43)40-26-30-24-29(21-23-39(30)44-40)42-34-17-8-6-15-32(34)41(27-12-4-3-5-13-27)33-16-7-9-18-35(33)42/h3-26H,1-2H3/i6D,8D,15D,17D. The fraction of sp³-hybridized carbons (Fsp3) is 0.0698. The molecule has 1 heteroatoms. The Bertz CT molecular complexity index is 2630. The number of hydrogen-bond acceptors (Lipinski definition) is 1. The Kier molecular flexibility index (Phi) is 4.50. The van der Waals surface area contributed by atoms with Crippen LogP contribution in [0.4, 0.5) is 0 Å². The van der Waals surface area contributed by atoms with Gasteiger partial charge in [-0.05, 0) is 90.3 Å². The SMILES string of the molecule is [2H]c1c([2H])c([2H])c2c(-c3ccc4oc(-c5ccc6c(c5)-c5ccccc5C6(C)C)cc4c3)c3ccccc3c(-c3ccccc3)c2c1[2H]. The van der Waals surface area contributed by atoms with E-state index in [0.717, 1.165) is 55.3 Å². The lowest BCUT2D eigenvalue weighted by Crippen LogP contribution is -2.14. The minimum absolute atomic E-state index is 0.0371. The van der Waals surface area contributed by atoms with E-state index >= 15 is 0 Å². The molecule has 1 aliphatic rings. The van der Waals surface area contributed by atoms with Gasteiger partial charge in [-0.1, -0.05) is 135 Å². The van der Waals surface area contributed by atoms with Gasteiger partial charge in [0, 0.05) is 16.4 Å². The maximum atomic E-state index is 9.16. The first-order valence-electron chi connectivity index (χ1n) is 17.0. The van der Waals surface area contributed by atoms with Gasteiger partial charge in [0.2, 0.25) is 0 Å². The maximum Gasteiger partial charge on any atom is 0.135 e. The van der Waals surface area contributed by atoms with Gasteiger partial charge in [0.15, 0.2) is 0 Å². The Morgan fingerprint density at radius 1 is 0.523 bits per heavy atom. The molecule has 208 valence electrons. The summed E-state index contributed by atoms with van der Waals surface area (Å²) in [6.45, 7) is 4.56. The van der Waals surface area contributed by atoms with E-state index in [9.17, 15) is 0 Å². The van der Waals surface area contributed by atoms with E-state index in [4.69, 9.17) is 9.90 Å². The van der Waals surface area contributed by atoms with Gasteiger partial charge in [-0.2, -0.15) is 0 Å². The number of fused-ring (bicyclic) bond motifs is 6. The van der Waals surface area contributed by atoms with Crippen molar-refractivity contribution in [2.24, 2.45) is 0 Å². The summed E-state index contributed by atoms with van der Waals surface area (Å²) < 4.78 is 42.0. The molecule has 0 N–H and O–H groups in total. The van der Waals surface area contributed by atoms with Gasteiger partial charge < -0.3 is 4.42 Å². The third kappa shape index (κ3) is 3.59. The molecule has 44 heavy (non-hydrogen) atoms. The predicted molar refractivity (Wildman–Crippen MR) is 185 cm³/mol. The Balaban J connectivity index is 1.28. The molecule has 7 aromatic carbocycles. The molecule has 0 radical (unpaired) electrons. The van der Waals surface area contributed by atoms with Crippen molar-refractivity contribution in [1.82, 2.24) is 0 Å². The Morgan fingerprint density at radius 3 is 1.93 bits per heavy atom. The first kappa shape index (κ1) is 21.3. The molecule has 0 aliphatic heterocycles. The smallest absolute Gasteiger partial charge is 0.135 e. The second-order valence-corrected chi connectivity index (χ2v) is 12.2. The lowest BCUT2D eigenvalue weighted by Gasteiger charge is -2.21. The van der Waals surface area contributed by atoms with Crippen molar-refractivity contribution in [2.75, 3.05) is 0 Å². The highest BCUT2D eigenvalue weighted by molar-refractivity contribution is 6.21. The van der Waals surface area contributed by atoms with Crippen LogP contribution in [0.2, 0.25) is 0 Å². The van der Waals surface area contributed by atoms with Crippen LogP contribution >= 0.6 is 0 Å². The lowest BCUT2D eigenvalue weighted by molar-refractivity contribution is 0.631. The maximum absolute atomic E-state index is 9.16. The first-order chi connectivity index (χ1) is 23.2. The molecule has 1 aromatic heterocycles. The molecule has 1 heterocycles. The Labute approximate surface area is 262 Å². The molecule has 1 nitrogen and oxygen atoms in total. The summed E-state index contributed by atoms with van der Waals surface area (Å²) >= 11 is 0. The van der Waals surface area contributed by atoms with E-state index in [-0.39, 0.29) is 29.6 Å². The average molecular weight is 567 g/mol. The monoisotopic (exact) mass is 566 g/mol. The zero-order valence-electron chi connectivity index (χ0n) is 28.5. The topological polar surface area (TPSA) is 13.1 Å². The summed E-state index contributed by atoms with van der Waals surface area (Å²) in [5, 5.41) is 3.83. The van der Waals surface area contributed by atoms with Gasteiger partial charge in [-0.25, -0.2) is 0 Å². The minimum atomic E-state index is -0.240. The lowest BCUT2D eigenvalue weighted by atomic mass is 9.82. The van der Waals surface area contributed by atoms with Crippen molar-refractivity contribution in [3.05, 3.63) is 157 Å². The van der Waals surface area contributed by atoms with E-state index in [0.29, 0.717) is 10.8 Å². The largest absolute Gasteiger partial charge is 0.456 e. The van der Waals surface area contributed by atoms with Crippen molar-refractivity contribution in [3.63, 3.8) is 0 Å². The summed E-state index contributed by atoms with van der Waals surface area (Å²) in [5.41, 5.74) is 10.2. The molecule has 0 saturated carbocycles. The molecular formula is C43H30O. The van der Waals surface area contributed by atoms with Crippen LogP contribution in [0.15, 0.2) is 150 Å². The second kappa shape index (κ2) is 9.30.